The van der Waals surface area contributed by atoms with Gasteiger partial charge in [-0.05, 0) is 0 Å². The van der Waals surface area contributed by atoms with E-state index < -0.39 is 0 Å². The molecule has 7 heteroatoms. The molecular formula is C9H15N5O2. The van der Waals surface area contributed by atoms with Crippen LogP contribution in [0.15, 0.2) is 12.4 Å². The van der Waals surface area contributed by atoms with Gasteiger partial charge in [-0.2, -0.15) is 0 Å². The molecule has 1 aromatic heterocycles. The van der Waals surface area contributed by atoms with Gasteiger partial charge in [-0.25, -0.2) is 4.68 Å². The zero-order valence-electron chi connectivity index (χ0n) is 8.93. The molecule has 1 fully saturated rings. The van der Waals surface area contributed by atoms with Gasteiger partial charge in [0, 0.05) is 25.3 Å². The number of aromatic nitrogens is 3. The molecule has 1 aromatic rings. The summed E-state index contributed by atoms with van der Waals surface area (Å²) in [7, 11) is 0. The van der Waals surface area contributed by atoms with Gasteiger partial charge in [-0.1, -0.05) is 5.21 Å². The zero-order chi connectivity index (χ0) is 11.2. The molecule has 1 unspecified atom stereocenters. The number of morpholine rings is 1. The maximum Gasteiger partial charge on any atom is 0.241 e. The fraction of sp³-hybridized carbons (Fsp3) is 0.667. The molecule has 7 nitrogen and oxygen atoms in total. The van der Waals surface area contributed by atoms with Gasteiger partial charge in [0.05, 0.1) is 19.4 Å². The first-order valence-electron chi connectivity index (χ1n) is 5.26. The highest BCUT2D eigenvalue weighted by Crippen LogP contribution is 1.91. The van der Waals surface area contributed by atoms with Crippen molar-refractivity contribution in [3.8, 4) is 0 Å². The Hall–Kier alpha value is -1.47. The molecule has 1 saturated heterocycles. The topological polar surface area (TPSA) is 81.1 Å². The number of carbonyl (C=O) groups is 1. The Balaban J connectivity index is 1.67. The summed E-state index contributed by atoms with van der Waals surface area (Å²) in [5.74, 6) is -0.0714. The molecule has 2 N–H and O–H groups in total. The van der Waals surface area contributed by atoms with Crippen LogP contribution in [-0.4, -0.2) is 53.2 Å². The number of ether oxygens (including phenoxy) is 1. The molecule has 0 aromatic carbocycles. The molecule has 0 saturated carbocycles. The van der Waals surface area contributed by atoms with Crippen molar-refractivity contribution in [1.29, 1.82) is 0 Å². The van der Waals surface area contributed by atoms with Crippen LogP contribution < -0.4 is 10.6 Å². The summed E-state index contributed by atoms with van der Waals surface area (Å²) in [6, 6.07) is 0.202. The van der Waals surface area contributed by atoms with Crippen LogP contribution in [0, 0.1) is 0 Å². The number of amides is 1. The van der Waals surface area contributed by atoms with Crippen molar-refractivity contribution < 1.29 is 9.53 Å². The second-order valence-electron chi connectivity index (χ2n) is 3.63. The molecule has 2 heterocycles. The third kappa shape index (κ3) is 3.28. The van der Waals surface area contributed by atoms with Crippen molar-refractivity contribution in [3.63, 3.8) is 0 Å². The second-order valence-corrected chi connectivity index (χ2v) is 3.63. The smallest absolute Gasteiger partial charge is 0.241 e. The van der Waals surface area contributed by atoms with Crippen LogP contribution in [0.3, 0.4) is 0 Å². The Morgan fingerprint density at radius 1 is 1.69 bits per heavy atom. The summed E-state index contributed by atoms with van der Waals surface area (Å²) in [5, 5.41) is 13.4. The van der Waals surface area contributed by atoms with Crippen LogP contribution in [0.2, 0.25) is 0 Å². The minimum atomic E-state index is -0.0714. The molecule has 1 atom stereocenters. The van der Waals surface area contributed by atoms with Gasteiger partial charge in [-0.3, -0.25) is 4.79 Å². The summed E-state index contributed by atoms with van der Waals surface area (Å²) in [5.41, 5.74) is 0. The van der Waals surface area contributed by atoms with Crippen molar-refractivity contribution in [3.05, 3.63) is 12.4 Å². The van der Waals surface area contributed by atoms with Gasteiger partial charge in [-0.15, -0.1) is 5.10 Å². The van der Waals surface area contributed by atoms with Crippen molar-refractivity contribution in [2.45, 2.75) is 12.6 Å². The van der Waals surface area contributed by atoms with E-state index in [2.05, 4.69) is 20.9 Å². The highest BCUT2D eigenvalue weighted by molar-refractivity contribution is 5.75. The molecule has 1 aliphatic heterocycles. The van der Waals surface area contributed by atoms with Gasteiger partial charge >= 0.3 is 0 Å². The predicted molar refractivity (Wildman–Crippen MR) is 55.6 cm³/mol. The number of hydrogen-bond acceptors (Lipinski definition) is 5. The molecule has 0 radical (unpaired) electrons. The fourth-order valence-corrected chi connectivity index (χ4v) is 1.51. The molecule has 1 amide bonds. The third-order valence-electron chi connectivity index (χ3n) is 2.32. The lowest BCUT2D eigenvalue weighted by atomic mass is 10.3. The van der Waals surface area contributed by atoms with Gasteiger partial charge in [0.1, 0.15) is 6.54 Å². The van der Waals surface area contributed by atoms with Gasteiger partial charge in [0.2, 0.25) is 5.91 Å². The van der Waals surface area contributed by atoms with Crippen LogP contribution in [0.1, 0.15) is 0 Å². The Kier molecular flexibility index (Phi) is 3.84. The van der Waals surface area contributed by atoms with E-state index in [9.17, 15) is 4.79 Å². The largest absolute Gasteiger partial charge is 0.378 e. The first-order valence-corrected chi connectivity index (χ1v) is 5.26. The van der Waals surface area contributed by atoms with Crippen LogP contribution in [-0.2, 0) is 16.1 Å². The molecule has 0 bridgehead atoms. The molecular weight excluding hydrogens is 210 g/mol. The van der Waals surface area contributed by atoms with Gasteiger partial charge in [0.25, 0.3) is 0 Å². The van der Waals surface area contributed by atoms with Crippen molar-refractivity contribution in [2.75, 3.05) is 26.3 Å². The van der Waals surface area contributed by atoms with Gasteiger partial charge in [0.15, 0.2) is 0 Å². The van der Waals surface area contributed by atoms with E-state index in [1.807, 2.05) is 0 Å². The summed E-state index contributed by atoms with van der Waals surface area (Å²) in [6.07, 6.45) is 3.20. The van der Waals surface area contributed by atoms with Crippen LogP contribution in [0.5, 0.6) is 0 Å². The monoisotopic (exact) mass is 225 g/mol. The highest BCUT2D eigenvalue weighted by atomic mass is 16.5. The quantitative estimate of drug-likeness (QED) is 0.644. The average Bonchev–Trinajstić information content (AvgIpc) is 2.81. The first kappa shape index (κ1) is 11.0. The van der Waals surface area contributed by atoms with Crippen molar-refractivity contribution in [1.82, 2.24) is 25.6 Å². The highest BCUT2D eigenvalue weighted by Gasteiger charge is 2.13. The van der Waals surface area contributed by atoms with Crippen LogP contribution in [0.25, 0.3) is 0 Å². The molecule has 2 rings (SSSR count). The SMILES string of the molecule is O=C(Cn1ccnn1)NCC1COCCN1. The van der Waals surface area contributed by atoms with E-state index in [1.165, 1.54) is 4.68 Å². The lowest BCUT2D eigenvalue weighted by molar-refractivity contribution is -0.122. The van der Waals surface area contributed by atoms with Crippen LogP contribution in [0.4, 0.5) is 0 Å². The minimum Gasteiger partial charge on any atom is -0.378 e. The first-order chi connectivity index (χ1) is 7.84. The lowest BCUT2D eigenvalue weighted by Crippen LogP contribution is -2.48. The number of nitrogens with one attached hydrogen (secondary N) is 2. The van der Waals surface area contributed by atoms with Crippen LogP contribution >= 0.6 is 0 Å². The van der Waals surface area contributed by atoms with Gasteiger partial charge < -0.3 is 15.4 Å². The number of nitrogens with zero attached hydrogens (tertiary/aromatic N) is 3. The van der Waals surface area contributed by atoms with Crippen molar-refractivity contribution >= 4 is 5.91 Å². The third-order valence-corrected chi connectivity index (χ3v) is 2.32. The van der Waals surface area contributed by atoms with E-state index in [-0.39, 0.29) is 18.5 Å². The summed E-state index contributed by atoms with van der Waals surface area (Å²) >= 11 is 0. The van der Waals surface area contributed by atoms with E-state index in [0.717, 1.165) is 13.2 Å². The number of hydrogen-bond donors (Lipinski definition) is 2. The molecule has 16 heavy (non-hydrogen) atoms. The van der Waals surface area contributed by atoms with Crippen molar-refractivity contribution in [2.24, 2.45) is 0 Å². The summed E-state index contributed by atoms with van der Waals surface area (Å²) in [6.45, 7) is 3.00. The molecule has 0 spiro atoms. The van der Waals surface area contributed by atoms with E-state index >= 15 is 0 Å². The summed E-state index contributed by atoms with van der Waals surface area (Å²) in [4.78, 5) is 11.5. The average molecular weight is 225 g/mol. The molecule has 0 aliphatic carbocycles. The Morgan fingerprint density at radius 2 is 2.62 bits per heavy atom. The minimum absolute atomic E-state index is 0.0714. The zero-order valence-corrected chi connectivity index (χ0v) is 8.93. The van der Waals surface area contributed by atoms with E-state index in [1.54, 1.807) is 12.4 Å². The Bertz CT molecular complexity index is 321. The molecule has 88 valence electrons. The Morgan fingerprint density at radius 3 is 3.31 bits per heavy atom. The maximum atomic E-state index is 11.5. The standard InChI is InChI=1S/C9H15N5O2/c15-9(6-14-3-1-12-13-14)11-5-8-7-16-4-2-10-8/h1,3,8,10H,2,4-7H2,(H,11,15). The molecule has 1 aliphatic rings. The predicted octanol–water partition coefficient (Wildman–Crippen LogP) is -1.62. The van der Waals surface area contributed by atoms with E-state index in [0.29, 0.717) is 13.2 Å². The number of carbonyl (C=O) groups excluding carboxylic acids is 1. The Labute approximate surface area is 93.2 Å². The van der Waals surface area contributed by atoms with E-state index in [4.69, 9.17) is 4.74 Å². The normalized spacial score (nSPS) is 20.6. The summed E-state index contributed by atoms with van der Waals surface area (Å²) < 4.78 is 6.77. The fourth-order valence-electron chi connectivity index (χ4n) is 1.51. The number of rotatable bonds is 4. The second kappa shape index (κ2) is 5.57. The maximum absolute atomic E-state index is 11.5. The lowest BCUT2D eigenvalue weighted by Gasteiger charge is -2.23.